The van der Waals surface area contributed by atoms with Crippen LogP contribution in [0.25, 0.3) is 11.3 Å². The monoisotopic (exact) mass is 377 g/mol. The first-order valence-electron chi connectivity index (χ1n) is 9.39. The number of aromatic nitrogens is 3. The molecule has 1 atom stereocenters. The first kappa shape index (κ1) is 18.0. The van der Waals surface area contributed by atoms with Crippen molar-refractivity contribution < 1.29 is 9.53 Å². The summed E-state index contributed by atoms with van der Waals surface area (Å²) in [6.45, 7) is 1.58. The predicted molar refractivity (Wildman–Crippen MR) is 108 cm³/mol. The Morgan fingerprint density at radius 1 is 1.25 bits per heavy atom. The fraction of sp³-hybridized carbons (Fsp3) is 0.286. The molecule has 0 radical (unpaired) electrons. The Morgan fingerprint density at radius 2 is 2.18 bits per heavy atom. The van der Waals surface area contributed by atoms with Crippen molar-refractivity contribution in [3.63, 3.8) is 0 Å². The van der Waals surface area contributed by atoms with Crippen molar-refractivity contribution >= 4 is 17.7 Å². The molecule has 3 heterocycles. The number of ether oxygens (including phenoxy) is 1. The number of anilines is 2. The quantitative estimate of drug-likeness (QED) is 0.713. The Hall–Kier alpha value is -3.35. The number of nitrogens with zero attached hydrogens (tertiary/aromatic N) is 3. The number of aromatic amines is 1. The number of amides is 1. The number of rotatable bonds is 5. The number of H-pyrrole nitrogens is 1. The minimum Gasteiger partial charge on any atom is -0.497 e. The van der Waals surface area contributed by atoms with E-state index < -0.39 is 0 Å². The van der Waals surface area contributed by atoms with Crippen LogP contribution < -0.4 is 15.0 Å². The zero-order valence-corrected chi connectivity index (χ0v) is 15.8. The summed E-state index contributed by atoms with van der Waals surface area (Å²) in [6.07, 6.45) is 5.31. The molecule has 4 rings (SSSR count). The van der Waals surface area contributed by atoms with E-state index in [4.69, 9.17) is 4.74 Å². The molecule has 1 saturated heterocycles. The summed E-state index contributed by atoms with van der Waals surface area (Å²) >= 11 is 0. The SMILES string of the molecule is COc1cccc(-c2cnc(NC(=O)C3CCCN(c4ccccn4)C3)[nH]2)c1. The smallest absolute Gasteiger partial charge is 0.231 e. The maximum Gasteiger partial charge on any atom is 0.231 e. The van der Waals surface area contributed by atoms with E-state index in [-0.39, 0.29) is 11.8 Å². The maximum atomic E-state index is 12.8. The topological polar surface area (TPSA) is 83.1 Å². The third-order valence-corrected chi connectivity index (χ3v) is 4.96. The number of pyridine rings is 1. The first-order valence-corrected chi connectivity index (χ1v) is 9.39. The van der Waals surface area contributed by atoms with E-state index >= 15 is 0 Å². The molecule has 0 spiro atoms. The third-order valence-electron chi connectivity index (χ3n) is 4.96. The van der Waals surface area contributed by atoms with Gasteiger partial charge in [0.1, 0.15) is 11.6 Å². The highest BCUT2D eigenvalue weighted by molar-refractivity contribution is 5.91. The van der Waals surface area contributed by atoms with Gasteiger partial charge in [0.2, 0.25) is 11.9 Å². The molecule has 28 heavy (non-hydrogen) atoms. The van der Waals surface area contributed by atoms with Crippen LogP contribution in [0.1, 0.15) is 12.8 Å². The van der Waals surface area contributed by atoms with Gasteiger partial charge in [-0.25, -0.2) is 9.97 Å². The van der Waals surface area contributed by atoms with Crippen LogP contribution in [0.15, 0.2) is 54.9 Å². The molecule has 1 unspecified atom stereocenters. The molecule has 2 N–H and O–H groups in total. The molecule has 3 aromatic rings. The molecule has 1 amide bonds. The molecule has 0 bridgehead atoms. The van der Waals surface area contributed by atoms with Crippen molar-refractivity contribution in [1.82, 2.24) is 15.0 Å². The van der Waals surface area contributed by atoms with Gasteiger partial charge < -0.3 is 14.6 Å². The van der Waals surface area contributed by atoms with Crippen LogP contribution in [0.5, 0.6) is 5.75 Å². The summed E-state index contributed by atoms with van der Waals surface area (Å²) < 4.78 is 5.26. The average Bonchev–Trinajstić information content (AvgIpc) is 3.23. The minimum absolute atomic E-state index is 0.0211. The van der Waals surface area contributed by atoms with Gasteiger partial charge in [0, 0.05) is 24.8 Å². The summed E-state index contributed by atoms with van der Waals surface area (Å²) in [5.41, 5.74) is 1.78. The molecule has 2 aromatic heterocycles. The molecular weight excluding hydrogens is 354 g/mol. The predicted octanol–water partition coefficient (Wildman–Crippen LogP) is 3.34. The fourth-order valence-electron chi connectivity index (χ4n) is 3.48. The van der Waals surface area contributed by atoms with E-state index in [0.29, 0.717) is 12.5 Å². The van der Waals surface area contributed by atoms with E-state index in [2.05, 4.69) is 25.2 Å². The van der Waals surface area contributed by atoms with Gasteiger partial charge in [0.15, 0.2) is 0 Å². The highest BCUT2D eigenvalue weighted by atomic mass is 16.5. The lowest BCUT2D eigenvalue weighted by Crippen LogP contribution is -2.41. The number of carbonyl (C=O) groups excluding carboxylic acids is 1. The molecule has 0 saturated carbocycles. The minimum atomic E-state index is -0.0962. The van der Waals surface area contributed by atoms with E-state index in [1.807, 2.05) is 42.5 Å². The van der Waals surface area contributed by atoms with E-state index in [1.54, 1.807) is 19.5 Å². The molecule has 1 aliphatic rings. The van der Waals surface area contributed by atoms with Crippen molar-refractivity contribution in [3.05, 3.63) is 54.9 Å². The number of nitrogens with one attached hydrogen (secondary N) is 2. The highest BCUT2D eigenvalue weighted by Gasteiger charge is 2.27. The van der Waals surface area contributed by atoms with E-state index in [0.717, 1.165) is 42.2 Å². The Bertz CT molecular complexity index is 941. The van der Waals surface area contributed by atoms with Crippen LogP contribution in [0.4, 0.5) is 11.8 Å². The Morgan fingerprint density at radius 3 is 3.00 bits per heavy atom. The number of piperidine rings is 1. The van der Waals surface area contributed by atoms with Gasteiger partial charge in [-0.1, -0.05) is 18.2 Å². The van der Waals surface area contributed by atoms with Gasteiger partial charge in [-0.05, 0) is 37.1 Å². The Balaban J connectivity index is 1.42. The van der Waals surface area contributed by atoms with Gasteiger partial charge in [-0.2, -0.15) is 0 Å². The number of imidazole rings is 1. The first-order chi connectivity index (χ1) is 13.7. The number of hydrogen-bond donors (Lipinski definition) is 2. The number of hydrogen-bond acceptors (Lipinski definition) is 5. The summed E-state index contributed by atoms with van der Waals surface area (Å²) in [4.78, 5) is 26.8. The lowest BCUT2D eigenvalue weighted by Gasteiger charge is -2.32. The molecule has 1 fully saturated rings. The van der Waals surface area contributed by atoms with Crippen LogP contribution in [0.2, 0.25) is 0 Å². The molecule has 7 nitrogen and oxygen atoms in total. The number of carbonyl (C=O) groups is 1. The van der Waals surface area contributed by atoms with Gasteiger partial charge in [-0.15, -0.1) is 0 Å². The van der Waals surface area contributed by atoms with Crippen LogP contribution in [0, 0.1) is 5.92 Å². The normalized spacial score (nSPS) is 16.6. The lowest BCUT2D eigenvalue weighted by atomic mass is 9.97. The van der Waals surface area contributed by atoms with Gasteiger partial charge in [-0.3, -0.25) is 10.1 Å². The van der Waals surface area contributed by atoms with Crippen molar-refractivity contribution in [3.8, 4) is 17.0 Å². The second-order valence-corrected chi connectivity index (χ2v) is 6.84. The van der Waals surface area contributed by atoms with E-state index in [9.17, 15) is 4.79 Å². The van der Waals surface area contributed by atoms with Crippen LogP contribution in [0.3, 0.4) is 0 Å². The molecule has 144 valence electrons. The van der Waals surface area contributed by atoms with Gasteiger partial charge in [0.25, 0.3) is 0 Å². The van der Waals surface area contributed by atoms with Gasteiger partial charge in [0.05, 0.1) is 24.9 Å². The second kappa shape index (κ2) is 8.12. The zero-order chi connectivity index (χ0) is 19.3. The summed E-state index contributed by atoms with van der Waals surface area (Å²) in [7, 11) is 1.64. The third kappa shape index (κ3) is 3.98. The standard InChI is InChI=1S/C21H23N5O2/c1-28-17-8-4-6-15(12-17)18-13-23-21(24-18)25-20(27)16-7-5-11-26(14-16)19-9-2-3-10-22-19/h2-4,6,8-10,12-13,16H,5,7,11,14H2,1H3,(H2,23,24,25,27). The van der Waals surface area contributed by atoms with Crippen molar-refractivity contribution in [1.29, 1.82) is 0 Å². The number of methoxy groups -OCH3 is 1. The summed E-state index contributed by atoms with van der Waals surface area (Å²) in [5, 5.41) is 2.92. The number of benzene rings is 1. The van der Waals surface area contributed by atoms with E-state index in [1.165, 1.54) is 0 Å². The molecular formula is C21H23N5O2. The fourth-order valence-corrected chi connectivity index (χ4v) is 3.48. The molecule has 0 aliphatic carbocycles. The van der Waals surface area contributed by atoms with Gasteiger partial charge >= 0.3 is 0 Å². The molecule has 1 aromatic carbocycles. The lowest BCUT2D eigenvalue weighted by molar-refractivity contribution is -0.120. The largest absolute Gasteiger partial charge is 0.497 e. The average molecular weight is 377 g/mol. The maximum absolute atomic E-state index is 12.8. The molecule has 1 aliphatic heterocycles. The Labute approximate surface area is 163 Å². The van der Waals surface area contributed by atoms with Crippen molar-refractivity contribution in [2.75, 3.05) is 30.4 Å². The second-order valence-electron chi connectivity index (χ2n) is 6.84. The summed E-state index contributed by atoms with van der Waals surface area (Å²) in [5.74, 6) is 2.03. The van der Waals surface area contributed by atoms with Crippen LogP contribution in [-0.2, 0) is 4.79 Å². The Kier molecular flexibility index (Phi) is 5.23. The molecule has 7 heteroatoms. The van der Waals surface area contributed by atoms with Crippen LogP contribution in [-0.4, -0.2) is 41.1 Å². The van der Waals surface area contributed by atoms with Crippen molar-refractivity contribution in [2.24, 2.45) is 5.92 Å². The zero-order valence-electron chi connectivity index (χ0n) is 15.8. The summed E-state index contributed by atoms with van der Waals surface area (Å²) in [6, 6.07) is 13.5. The van der Waals surface area contributed by atoms with Crippen LogP contribution >= 0.6 is 0 Å². The van der Waals surface area contributed by atoms with Crippen molar-refractivity contribution in [2.45, 2.75) is 12.8 Å². The highest BCUT2D eigenvalue weighted by Crippen LogP contribution is 2.25.